The molecule has 0 fully saturated rings. The van der Waals surface area contributed by atoms with Crippen molar-refractivity contribution in [3.05, 3.63) is 71.0 Å². The van der Waals surface area contributed by atoms with E-state index in [0.29, 0.717) is 0 Å². The van der Waals surface area contributed by atoms with Crippen LogP contribution >= 0.6 is 0 Å². The predicted molar refractivity (Wildman–Crippen MR) is 98.0 cm³/mol. The largest absolute Gasteiger partial charge is 0.460 e. The number of furan rings is 1. The lowest BCUT2D eigenvalue weighted by atomic mass is 9.84. The molecule has 1 unspecified atom stereocenters. The predicted octanol–water partition coefficient (Wildman–Crippen LogP) is 4.20. The molecule has 0 radical (unpaired) electrons. The number of likely N-dealkylation sites (N-methyl/N-ethyl adjacent to an activating group) is 1. The van der Waals surface area contributed by atoms with Gasteiger partial charge in [0.15, 0.2) is 0 Å². The highest BCUT2D eigenvalue weighted by molar-refractivity contribution is 5.78. The Morgan fingerprint density at radius 3 is 2.67 bits per heavy atom. The van der Waals surface area contributed by atoms with E-state index in [1.54, 1.807) is 0 Å². The molecular weight excluding hydrogens is 296 g/mol. The first-order chi connectivity index (χ1) is 11.4. The quantitative estimate of drug-likeness (QED) is 0.769. The van der Waals surface area contributed by atoms with E-state index in [-0.39, 0.29) is 11.5 Å². The van der Waals surface area contributed by atoms with Crippen LogP contribution in [0.3, 0.4) is 0 Å². The lowest BCUT2D eigenvalue weighted by Gasteiger charge is -2.32. The van der Waals surface area contributed by atoms with Crippen molar-refractivity contribution >= 4 is 11.0 Å². The minimum Gasteiger partial charge on any atom is -0.460 e. The third-order valence-corrected chi connectivity index (χ3v) is 4.98. The second-order valence-electron chi connectivity index (χ2n) is 7.57. The zero-order valence-corrected chi connectivity index (χ0v) is 14.5. The molecule has 2 heterocycles. The van der Waals surface area contributed by atoms with Crippen LogP contribution in [-0.4, -0.2) is 18.5 Å². The minimum absolute atomic E-state index is 0.265. The highest BCUT2D eigenvalue weighted by atomic mass is 16.3. The zero-order chi connectivity index (χ0) is 16.9. The van der Waals surface area contributed by atoms with Gasteiger partial charge in [-0.1, -0.05) is 36.4 Å². The van der Waals surface area contributed by atoms with Crippen LogP contribution in [0.4, 0.5) is 0 Å². The average Bonchev–Trinajstić information content (AvgIpc) is 2.96. The number of nitrogens with zero attached hydrogens (tertiary/aromatic N) is 1. The molecule has 124 valence electrons. The monoisotopic (exact) mass is 320 g/mol. The van der Waals surface area contributed by atoms with Crippen molar-refractivity contribution < 1.29 is 4.42 Å². The maximum absolute atomic E-state index is 6.29. The fourth-order valence-electron chi connectivity index (χ4n) is 3.67. The summed E-state index contributed by atoms with van der Waals surface area (Å²) in [7, 11) is 2.17. The molecule has 1 aliphatic heterocycles. The highest BCUT2D eigenvalue weighted by Gasteiger charge is 2.28. The van der Waals surface area contributed by atoms with Crippen LogP contribution in [0.1, 0.15) is 42.2 Å². The molecule has 3 nitrogen and oxygen atoms in total. The number of benzene rings is 2. The molecule has 0 amide bonds. The summed E-state index contributed by atoms with van der Waals surface area (Å²) in [6.45, 7) is 6.03. The van der Waals surface area contributed by atoms with Gasteiger partial charge < -0.3 is 15.1 Å². The summed E-state index contributed by atoms with van der Waals surface area (Å²) >= 11 is 0. The maximum Gasteiger partial charge on any atom is 0.134 e. The summed E-state index contributed by atoms with van der Waals surface area (Å²) in [5.41, 5.74) is 10.8. The lowest BCUT2D eigenvalue weighted by Crippen LogP contribution is -2.33. The Kier molecular flexibility index (Phi) is 3.52. The van der Waals surface area contributed by atoms with Crippen molar-refractivity contribution in [1.29, 1.82) is 0 Å². The summed E-state index contributed by atoms with van der Waals surface area (Å²) in [6, 6.07) is 17.1. The maximum atomic E-state index is 6.29. The van der Waals surface area contributed by atoms with Crippen LogP contribution in [0.2, 0.25) is 0 Å². The van der Waals surface area contributed by atoms with Crippen molar-refractivity contribution in [1.82, 2.24) is 4.90 Å². The molecule has 0 spiro atoms. The number of para-hydroxylation sites is 1. The Balaban J connectivity index is 1.81. The van der Waals surface area contributed by atoms with E-state index in [9.17, 15) is 0 Å². The van der Waals surface area contributed by atoms with Gasteiger partial charge in [0.25, 0.3) is 0 Å². The second-order valence-corrected chi connectivity index (χ2v) is 7.57. The first-order valence-electron chi connectivity index (χ1n) is 8.51. The molecule has 24 heavy (non-hydrogen) atoms. The topological polar surface area (TPSA) is 42.4 Å². The molecule has 2 N–H and O–H groups in total. The first kappa shape index (κ1) is 15.4. The van der Waals surface area contributed by atoms with E-state index >= 15 is 0 Å². The number of hydrogen-bond acceptors (Lipinski definition) is 3. The molecule has 1 atom stereocenters. The summed E-state index contributed by atoms with van der Waals surface area (Å²) in [6.07, 6.45) is 0. The number of fused-ring (bicyclic) bond motifs is 2. The fraction of sp³-hybridized carbons (Fsp3) is 0.333. The van der Waals surface area contributed by atoms with E-state index in [1.807, 2.05) is 12.1 Å². The van der Waals surface area contributed by atoms with Crippen LogP contribution in [0.25, 0.3) is 11.0 Å². The van der Waals surface area contributed by atoms with Gasteiger partial charge in [0.1, 0.15) is 11.3 Å². The molecule has 3 heteroatoms. The third kappa shape index (κ3) is 2.64. The van der Waals surface area contributed by atoms with Gasteiger partial charge in [-0.15, -0.1) is 0 Å². The van der Waals surface area contributed by atoms with E-state index in [0.717, 1.165) is 24.4 Å². The van der Waals surface area contributed by atoms with Gasteiger partial charge in [-0.3, -0.25) is 0 Å². The minimum atomic E-state index is -0.320. The molecule has 1 aliphatic rings. The van der Waals surface area contributed by atoms with Crippen molar-refractivity contribution in [3.63, 3.8) is 0 Å². The van der Waals surface area contributed by atoms with Crippen molar-refractivity contribution in [2.75, 3.05) is 13.6 Å². The van der Waals surface area contributed by atoms with Gasteiger partial charge >= 0.3 is 0 Å². The number of hydrogen-bond donors (Lipinski definition) is 1. The SMILES string of the molecule is CN1Cc2cc(C(C)(C)N)ccc2C(c2cc3ccccc3o2)C1. The normalized spacial score (nSPS) is 18.8. The standard InChI is InChI=1S/C21H24N2O/c1-21(2,22)16-8-9-17-15(10-16)12-23(3)13-18(17)20-11-14-6-4-5-7-19(14)24-20/h4-11,18H,12-13,22H2,1-3H3. The Bertz CT molecular complexity index is 855. The lowest BCUT2D eigenvalue weighted by molar-refractivity contribution is 0.282. The van der Waals surface area contributed by atoms with Crippen LogP contribution in [0.5, 0.6) is 0 Å². The van der Waals surface area contributed by atoms with Gasteiger partial charge in [0.05, 0.1) is 5.92 Å². The Morgan fingerprint density at radius 2 is 1.92 bits per heavy atom. The Morgan fingerprint density at radius 1 is 1.12 bits per heavy atom. The van der Waals surface area contributed by atoms with Gasteiger partial charge in [0.2, 0.25) is 0 Å². The molecule has 0 saturated heterocycles. The summed E-state index contributed by atoms with van der Waals surface area (Å²) in [5.74, 6) is 1.31. The van der Waals surface area contributed by atoms with Gasteiger partial charge in [0, 0.05) is 24.0 Å². The molecule has 3 aromatic rings. The molecule has 0 bridgehead atoms. The highest BCUT2D eigenvalue weighted by Crippen LogP contribution is 2.37. The fourth-order valence-corrected chi connectivity index (χ4v) is 3.67. The average molecular weight is 320 g/mol. The van der Waals surface area contributed by atoms with Gasteiger partial charge in [-0.05, 0) is 49.7 Å². The molecular formula is C21H24N2O. The van der Waals surface area contributed by atoms with E-state index < -0.39 is 0 Å². The summed E-state index contributed by atoms with van der Waals surface area (Å²) in [5, 5.41) is 1.17. The molecule has 2 aromatic carbocycles. The number of rotatable bonds is 2. The van der Waals surface area contributed by atoms with Gasteiger partial charge in [-0.2, -0.15) is 0 Å². The van der Waals surface area contributed by atoms with Crippen LogP contribution < -0.4 is 5.73 Å². The molecule has 0 saturated carbocycles. The molecule has 4 rings (SSSR count). The first-order valence-corrected chi connectivity index (χ1v) is 8.51. The third-order valence-electron chi connectivity index (χ3n) is 4.98. The molecule has 0 aliphatic carbocycles. The smallest absolute Gasteiger partial charge is 0.134 e. The van der Waals surface area contributed by atoms with Crippen LogP contribution in [0, 0.1) is 0 Å². The van der Waals surface area contributed by atoms with Crippen molar-refractivity contribution in [2.24, 2.45) is 5.73 Å². The summed E-state index contributed by atoms with van der Waals surface area (Å²) < 4.78 is 6.16. The van der Waals surface area contributed by atoms with Gasteiger partial charge in [-0.25, -0.2) is 0 Å². The Labute approximate surface area is 143 Å². The van der Waals surface area contributed by atoms with E-state index in [4.69, 9.17) is 10.2 Å². The van der Waals surface area contributed by atoms with Crippen molar-refractivity contribution in [3.8, 4) is 0 Å². The molecule has 1 aromatic heterocycles. The zero-order valence-electron chi connectivity index (χ0n) is 14.5. The van der Waals surface area contributed by atoms with E-state index in [1.165, 1.54) is 22.1 Å². The summed E-state index contributed by atoms with van der Waals surface area (Å²) in [4.78, 5) is 2.35. The van der Waals surface area contributed by atoms with E-state index in [2.05, 4.69) is 62.2 Å². The van der Waals surface area contributed by atoms with Crippen LogP contribution in [0.15, 0.2) is 52.9 Å². The Hall–Kier alpha value is -2.10. The second kappa shape index (κ2) is 5.47. The van der Waals surface area contributed by atoms with Crippen LogP contribution in [-0.2, 0) is 12.1 Å². The number of nitrogens with two attached hydrogens (primary N) is 1. The van der Waals surface area contributed by atoms with Crippen molar-refractivity contribution in [2.45, 2.75) is 31.8 Å².